The van der Waals surface area contributed by atoms with E-state index in [4.69, 9.17) is 10.3 Å². The molecule has 5 heteroatoms. The summed E-state index contributed by atoms with van der Waals surface area (Å²) in [4.78, 5) is 4.51. The third kappa shape index (κ3) is 3.96. The predicted molar refractivity (Wildman–Crippen MR) is 99.4 cm³/mol. The first-order chi connectivity index (χ1) is 11.6. The van der Waals surface area contributed by atoms with Gasteiger partial charge in [0, 0.05) is 17.7 Å². The first-order valence-electron chi connectivity index (χ1n) is 8.78. The van der Waals surface area contributed by atoms with Crippen LogP contribution in [0.2, 0.25) is 0 Å². The Morgan fingerprint density at radius 3 is 2.29 bits per heavy atom. The van der Waals surface area contributed by atoms with Crippen LogP contribution in [-0.4, -0.2) is 11.1 Å². The average molecular weight is 328 g/mol. The number of aryl methyl sites for hydroxylation is 4. The molecule has 0 aliphatic heterocycles. The van der Waals surface area contributed by atoms with Crippen LogP contribution >= 0.6 is 0 Å². The molecule has 1 heterocycles. The molecule has 0 aliphatic carbocycles. The van der Waals surface area contributed by atoms with E-state index in [0.29, 0.717) is 12.5 Å². The number of guanidine groups is 1. The second kappa shape index (κ2) is 8.52. The lowest BCUT2D eigenvalue weighted by Crippen LogP contribution is -2.24. The largest absolute Gasteiger partial charge is 0.370 e. The summed E-state index contributed by atoms with van der Waals surface area (Å²) in [5, 5.41) is 7.41. The molecule has 0 atom stereocenters. The van der Waals surface area contributed by atoms with Crippen molar-refractivity contribution in [3.63, 3.8) is 0 Å². The van der Waals surface area contributed by atoms with E-state index in [-0.39, 0.29) is 0 Å². The number of hydrogen-bond acceptors (Lipinski definition) is 3. The Hall–Kier alpha value is -2.30. The number of aliphatic imine (C=N–C) groups is 1. The van der Waals surface area contributed by atoms with Gasteiger partial charge in [0.1, 0.15) is 5.76 Å². The molecular weight excluding hydrogens is 300 g/mol. The van der Waals surface area contributed by atoms with Gasteiger partial charge in [0.15, 0.2) is 5.96 Å². The monoisotopic (exact) mass is 328 g/mol. The Morgan fingerprint density at radius 2 is 1.75 bits per heavy atom. The number of aromatic nitrogens is 1. The van der Waals surface area contributed by atoms with Crippen LogP contribution in [0.15, 0.2) is 27.7 Å². The molecular formula is C19H28N4O. The number of nitrogens with zero attached hydrogens (tertiary/aromatic N) is 2. The van der Waals surface area contributed by atoms with E-state index in [0.717, 1.165) is 48.4 Å². The number of benzene rings is 1. The van der Waals surface area contributed by atoms with Gasteiger partial charge in [-0.05, 0) is 30.4 Å². The highest BCUT2D eigenvalue weighted by Crippen LogP contribution is 2.22. The summed E-state index contributed by atoms with van der Waals surface area (Å²) in [6.07, 6.45) is 3.55. The molecule has 0 aliphatic rings. The highest BCUT2D eigenvalue weighted by molar-refractivity contribution is 5.93. The minimum atomic E-state index is 0.427. The Balaban J connectivity index is 2.20. The lowest BCUT2D eigenvalue weighted by Gasteiger charge is -2.14. The summed E-state index contributed by atoms with van der Waals surface area (Å²) in [6.45, 7) is 8.90. The smallest absolute Gasteiger partial charge is 0.193 e. The maximum absolute atomic E-state index is 6.14. The fraction of sp³-hybridized carbons (Fsp3) is 0.474. The molecule has 2 rings (SSSR count). The van der Waals surface area contributed by atoms with Gasteiger partial charge in [-0.25, -0.2) is 4.99 Å². The van der Waals surface area contributed by atoms with Crippen molar-refractivity contribution in [1.82, 2.24) is 5.16 Å². The van der Waals surface area contributed by atoms with Crippen LogP contribution in [-0.2, 0) is 32.2 Å². The van der Waals surface area contributed by atoms with Gasteiger partial charge in [0.25, 0.3) is 0 Å². The van der Waals surface area contributed by atoms with Crippen molar-refractivity contribution >= 4 is 11.6 Å². The fourth-order valence-corrected chi connectivity index (χ4v) is 2.85. The quantitative estimate of drug-likeness (QED) is 0.598. The number of anilines is 1. The predicted octanol–water partition coefficient (Wildman–Crippen LogP) is 3.85. The van der Waals surface area contributed by atoms with E-state index in [2.05, 4.69) is 61.4 Å². The number of hydrogen-bond donors (Lipinski definition) is 2. The highest BCUT2D eigenvalue weighted by atomic mass is 16.5. The summed E-state index contributed by atoms with van der Waals surface area (Å²) >= 11 is 0. The summed E-state index contributed by atoms with van der Waals surface area (Å²) in [5.41, 5.74) is 11.7. The molecule has 0 saturated heterocycles. The van der Waals surface area contributed by atoms with Gasteiger partial charge in [0.05, 0.1) is 12.2 Å². The third-order valence-electron chi connectivity index (χ3n) is 4.27. The van der Waals surface area contributed by atoms with Gasteiger partial charge in [-0.3, -0.25) is 0 Å². The lowest BCUT2D eigenvalue weighted by molar-refractivity contribution is 0.380. The maximum Gasteiger partial charge on any atom is 0.193 e. The van der Waals surface area contributed by atoms with E-state index < -0.39 is 0 Å². The van der Waals surface area contributed by atoms with Crippen LogP contribution in [0.4, 0.5) is 5.69 Å². The van der Waals surface area contributed by atoms with Crippen molar-refractivity contribution in [1.29, 1.82) is 0 Å². The summed E-state index contributed by atoms with van der Waals surface area (Å²) in [6, 6.07) is 6.34. The Labute approximate surface area is 144 Å². The van der Waals surface area contributed by atoms with Crippen molar-refractivity contribution in [3.8, 4) is 0 Å². The molecule has 1 aromatic carbocycles. The van der Waals surface area contributed by atoms with Crippen LogP contribution in [0.1, 0.15) is 55.8 Å². The Bertz CT molecular complexity index is 660. The number of nitrogens with one attached hydrogen (secondary N) is 1. The zero-order chi connectivity index (χ0) is 17.5. The molecule has 0 radical (unpaired) electrons. The zero-order valence-corrected chi connectivity index (χ0v) is 15.1. The molecule has 130 valence electrons. The lowest BCUT2D eigenvalue weighted by atomic mass is 10.0. The van der Waals surface area contributed by atoms with E-state index in [1.807, 2.05) is 0 Å². The van der Waals surface area contributed by atoms with Gasteiger partial charge in [0.2, 0.25) is 0 Å². The fourth-order valence-electron chi connectivity index (χ4n) is 2.85. The van der Waals surface area contributed by atoms with Gasteiger partial charge in [-0.2, -0.15) is 0 Å². The van der Waals surface area contributed by atoms with E-state index in [1.54, 1.807) is 0 Å². The molecule has 0 bridgehead atoms. The van der Waals surface area contributed by atoms with Crippen molar-refractivity contribution in [2.75, 3.05) is 5.32 Å². The van der Waals surface area contributed by atoms with E-state index >= 15 is 0 Å². The first-order valence-corrected chi connectivity index (χ1v) is 8.78. The van der Waals surface area contributed by atoms with Crippen LogP contribution in [0.3, 0.4) is 0 Å². The van der Waals surface area contributed by atoms with Crippen molar-refractivity contribution < 1.29 is 4.52 Å². The molecule has 0 fully saturated rings. The molecule has 0 unspecified atom stereocenters. The normalized spacial score (nSPS) is 11.8. The van der Waals surface area contributed by atoms with Crippen LogP contribution in [0.5, 0.6) is 0 Å². The van der Waals surface area contributed by atoms with Gasteiger partial charge in [-0.1, -0.05) is 51.1 Å². The summed E-state index contributed by atoms with van der Waals surface area (Å²) in [5.74, 6) is 1.32. The van der Waals surface area contributed by atoms with Crippen LogP contribution < -0.4 is 11.1 Å². The summed E-state index contributed by atoms with van der Waals surface area (Å²) in [7, 11) is 0. The molecule has 24 heavy (non-hydrogen) atoms. The third-order valence-corrected chi connectivity index (χ3v) is 4.27. The number of para-hydroxylation sites is 1. The van der Waals surface area contributed by atoms with E-state index in [1.165, 1.54) is 11.1 Å². The van der Waals surface area contributed by atoms with Crippen molar-refractivity contribution in [2.45, 2.75) is 59.9 Å². The molecule has 0 spiro atoms. The van der Waals surface area contributed by atoms with Gasteiger partial charge in [-0.15, -0.1) is 0 Å². The molecule has 3 N–H and O–H groups in total. The minimum Gasteiger partial charge on any atom is -0.370 e. The first kappa shape index (κ1) is 18.0. The topological polar surface area (TPSA) is 76.4 Å². The number of nitrogens with two attached hydrogens (primary N) is 1. The second-order valence-electron chi connectivity index (χ2n) is 5.72. The second-order valence-corrected chi connectivity index (χ2v) is 5.72. The van der Waals surface area contributed by atoms with Gasteiger partial charge >= 0.3 is 0 Å². The Morgan fingerprint density at radius 1 is 1.08 bits per heavy atom. The standard InChI is InChI=1S/C19H28N4O/c1-5-13-10-9-11-14(6-2)18(13)22-19(20)21-12-15-16(7-3)23-24-17(15)8-4/h9-11H,5-8,12H2,1-4H3,(H3,20,21,22). The Kier molecular flexibility index (Phi) is 6.41. The molecule has 2 aromatic rings. The van der Waals surface area contributed by atoms with Gasteiger partial charge < -0.3 is 15.6 Å². The van der Waals surface area contributed by atoms with Crippen molar-refractivity contribution in [3.05, 3.63) is 46.3 Å². The molecule has 0 amide bonds. The molecule has 0 saturated carbocycles. The molecule has 1 aromatic heterocycles. The maximum atomic E-state index is 6.14. The average Bonchev–Trinajstić information content (AvgIpc) is 3.02. The van der Waals surface area contributed by atoms with Crippen LogP contribution in [0, 0.1) is 0 Å². The van der Waals surface area contributed by atoms with Crippen molar-refractivity contribution in [2.24, 2.45) is 10.7 Å². The molecule has 5 nitrogen and oxygen atoms in total. The number of rotatable bonds is 7. The summed E-state index contributed by atoms with van der Waals surface area (Å²) < 4.78 is 5.38. The SMILES string of the molecule is CCc1cccc(CC)c1NC(N)=NCc1c(CC)noc1CC. The zero-order valence-electron chi connectivity index (χ0n) is 15.1. The highest BCUT2D eigenvalue weighted by Gasteiger charge is 2.13. The van der Waals surface area contributed by atoms with E-state index in [9.17, 15) is 0 Å². The minimum absolute atomic E-state index is 0.427. The van der Waals surface area contributed by atoms with Crippen LogP contribution in [0.25, 0.3) is 0 Å².